The Bertz CT molecular complexity index is 594. The molecule has 1 fully saturated rings. The average Bonchev–Trinajstić information content (AvgIpc) is 2.83. The molecule has 2 rings (SSSR count). The van der Waals surface area contributed by atoms with Crippen molar-refractivity contribution >= 4 is 31.6 Å². The van der Waals surface area contributed by atoms with Gasteiger partial charge in [0.2, 0.25) is 10.0 Å². The molecular weight excluding hydrogens is 339 g/mol. The zero-order chi connectivity index (χ0) is 14.2. The van der Waals surface area contributed by atoms with Crippen molar-refractivity contribution in [3.8, 4) is 0 Å². The molecule has 0 spiro atoms. The summed E-state index contributed by atoms with van der Waals surface area (Å²) in [4.78, 5) is -0.406. The maximum absolute atomic E-state index is 14.0. The van der Waals surface area contributed by atoms with E-state index in [1.807, 2.05) is 0 Å². The summed E-state index contributed by atoms with van der Waals surface area (Å²) in [5.74, 6) is -0.824. The number of hydrogen-bond acceptors (Lipinski definition) is 4. The van der Waals surface area contributed by atoms with Crippen molar-refractivity contribution in [1.82, 2.24) is 4.31 Å². The number of methoxy groups -OCH3 is 1. The standard InChI is InChI=1S/C11H14BrFN2O3S/c1-18-8-2-3-15(6-8)19(16,17)10-5-7(14)4-9(12)11(10)13/h4-5,8H,2-3,6,14H2,1H3. The fraction of sp³-hybridized carbons (Fsp3) is 0.455. The Balaban J connectivity index is 2.41. The molecule has 2 N–H and O–H groups in total. The van der Waals surface area contributed by atoms with Gasteiger partial charge in [-0.1, -0.05) is 0 Å². The highest BCUT2D eigenvalue weighted by molar-refractivity contribution is 9.10. The Kier molecular flexibility index (Phi) is 4.14. The molecule has 1 atom stereocenters. The molecule has 1 saturated heterocycles. The molecule has 0 aliphatic carbocycles. The molecule has 8 heteroatoms. The predicted molar refractivity (Wildman–Crippen MR) is 72.7 cm³/mol. The lowest BCUT2D eigenvalue weighted by Crippen LogP contribution is -2.30. The zero-order valence-electron chi connectivity index (χ0n) is 10.3. The van der Waals surface area contributed by atoms with Crippen molar-refractivity contribution in [3.63, 3.8) is 0 Å². The van der Waals surface area contributed by atoms with Crippen molar-refractivity contribution in [2.45, 2.75) is 17.4 Å². The number of halogens is 2. The highest BCUT2D eigenvalue weighted by Gasteiger charge is 2.34. The summed E-state index contributed by atoms with van der Waals surface area (Å²) in [5, 5.41) is 0. The van der Waals surface area contributed by atoms with Crippen LogP contribution in [0.2, 0.25) is 0 Å². The second kappa shape index (κ2) is 5.35. The third-order valence-electron chi connectivity index (χ3n) is 3.08. The molecule has 0 radical (unpaired) electrons. The second-order valence-electron chi connectivity index (χ2n) is 4.32. The summed E-state index contributed by atoms with van der Waals surface area (Å²) >= 11 is 2.96. The van der Waals surface area contributed by atoms with Crippen molar-refractivity contribution in [3.05, 3.63) is 22.4 Å². The third-order valence-corrected chi connectivity index (χ3v) is 5.52. The molecule has 1 aliphatic rings. The van der Waals surface area contributed by atoms with E-state index in [4.69, 9.17) is 10.5 Å². The smallest absolute Gasteiger partial charge is 0.246 e. The summed E-state index contributed by atoms with van der Waals surface area (Å²) in [7, 11) is -2.36. The number of hydrogen-bond donors (Lipinski definition) is 1. The molecule has 1 aliphatic heterocycles. The first-order valence-electron chi connectivity index (χ1n) is 5.63. The molecule has 1 unspecified atom stereocenters. The van der Waals surface area contributed by atoms with Crippen molar-refractivity contribution in [2.24, 2.45) is 0 Å². The maximum Gasteiger partial charge on any atom is 0.246 e. The number of nitrogen functional groups attached to an aromatic ring is 1. The van der Waals surface area contributed by atoms with Crippen molar-refractivity contribution in [2.75, 3.05) is 25.9 Å². The summed E-state index contributed by atoms with van der Waals surface area (Å²) in [6.45, 7) is 0.539. The van der Waals surface area contributed by atoms with Crippen LogP contribution in [-0.4, -0.2) is 39.0 Å². The van der Waals surface area contributed by atoms with Gasteiger partial charge in [0, 0.05) is 25.9 Å². The molecule has 0 bridgehead atoms. The van der Waals surface area contributed by atoms with Gasteiger partial charge in [-0.05, 0) is 34.5 Å². The fourth-order valence-electron chi connectivity index (χ4n) is 2.02. The normalized spacial score (nSPS) is 20.9. The number of anilines is 1. The van der Waals surface area contributed by atoms with E-state index in [9.17, 15) is 12.8 Å². The van der Waals surface area contributed by atoms with E-state index in [0.29, 0.717) is 13.0 Å². The highest BCUT2D eigenvalue weighted by Crippen LogP contribution is 2.30. The minimum atomic E-state index is -3.89. The van der Waals surface area contributed by atoms with Crippen LogP contribution in [0.4, 0.5) is 10.1 Å². The molecule has 1 aromatic carbocycles. The van der Waals surface area contributed by atoms with Gasteiger partial charge in [0.1, 0.15) is 4.90 Å². The lowest BCUT2D eigenvalue weighted by Gasteiger charge is -2.17. The van der Waals surface area contributed by atoms with Crippen LogP contribution in [0.25, 0.3) is 0 Å². The largest absolute Gasteiger partial charge is 0.399 e. The molecule has 1 heterocycles. The number of rotatable bonds is 3. The number of ether oxygens (including phenoxy) is 1. The highest BCUT2D eigenvalue weighted by atomic mass is 79.9. The molecule has 106 valence electrons. The average molecular weight is 353 g/mol. The molecule has 1 aromatic rings. The molecular formula is C11H14BrFN2O3S. The van der Waals surface area contributed by atoms with Gasteiger partial charge in [-0.15, -0.1) is 0 Å². The molecule has 5 nitrogen and oxygen atoms in total. The molecule has 0 saturated carbocycles. The Morgan fingerprint density at radius 1 is 1.53 bits per heavy atom. The van der Waals surface area contributed by atoms with Crippen LogP contribution >= 0.6 is 15.9 Å². The minimum Gasteiger partial charge on any atom is -0.399 e. The van der Waals surface area contributed by atoms with Crippen LogP contribution < -0.4 is 5.73 Å². The van der Waals surface area contributed by atoms with Gasteiger partial charge >= 0.3 is 0 Å². The minimum absolute atomic E-state index is 0.0357. The monoisotopic (exact) mass is 352 g/mol. The van der Waals surface area contributed by atoms with Gasteiger partial charge in [0.25, 0.3) is 0 Å². The van der Waals surface area contributed by atoms with Crippen molar-refractivity contribution < 1.29 is 17.5 Å². The molecule has 0 amide bonds. The Hall–Kier alpha value is -0.700. The first-order valence-corrected chi connectivity index (χ1v) is 7.87. The Morgan fingerprint density at radius 3 is 2.79 bits per heavy atom. The summed E-state index contributed by atoms with van der Waals surface area (Å²) in [5.41, 5.74) is 5.76. The number of nitrogens with zero attached hydrogens (tertiary/aromatic N) is 1. The van der Waals surface area contributed by atoms with Crippen LogP contribution in [0, 0.1) is 5.82 Å². The van der Waals surface area contributed by atoms with E-state index in [1.54, 1.807) is 0 Å². The van der Waals surface area contributed by atoms with Gasteiger partial charge in [-0.3, -0.25) is 0 Å². The SMILES string of the molecule is COC1CCN(S(=O)(=O)c2cc(N)cc(Br)c2F)C1. The van der Waals surface area contributed by atoms with E-state index < -0.39 is 20.7 Å². The number of nitrogens with two attached hydrogens (primary N) is 1. The van der Waals surface area contributed by atoms with Gasteiger partial charge < -0.3 is 10.5 Å². The Labute approximate surface area is 119 Å². The van der Waals surface area contributed by atoms with Gasteiger partial charge in [0.15, 0.2) is 5.82 Å². The number of sulfonamides is 1. The summed E-state index contributed by atoms with van der Waals surface area (Å²) in [6, 6.07) is 2.46. The van der Waals surface area contributed by atoms with E-state index in [-0.39, 0.29) is 22.8 Å². The number of benzene rings is 1. The zero-order valence-corrected chi connectivity index (χ0v) is 12.7. The third kappa shape index (κ3) is 2.76. The van der Waals surface area contributed by atoms with E-state index in [1.165, 1.54) is 17.5 Å². The van der Waals surface area contributed by atoms with Gasteiger partial charge in [0.05, 0.1) is 10.6 Å². The predicted octanol–water partition coefficient (Wildman–Crippen LogP) is 1.58. The van der Waals surface area contributed by atoms with Crippen LogP contribution in [0.5, 0.6) is 0 Å². The van der Waals surface area contributed by atoms with Gasteiger partial charge in [-0.2, -0.15) is 4.31 Å². The van der Waals surface area contributed by atoms with Crippen LogP contribution in [0.1, 0.15) is 6.42 Å². The van der Waals surface area contributed by atoms with Crippen LogP contribution in [0.3, 0.4) is 0 Å². The molecule has 19 heavy (non-hydrogen) atoms. The maximum atomic E-state index is 14.0. The molecule has 0 aromatic heterocycles. The first kappa shape index (κ1) is 14.7. The van der Waals surface area contributed by atoms with Gasteiger partial charge in [-0.25, -0.2) is 12.8 Å². The lowest BCUT2D eigenvalue weighted by atomic mass is 10.3. The van der Waals surface area contributed by atoms with Crippen molar-refractivity contribution in [1.29, 1.82) is 0 Å². The Morgan fingerprint density at radius 2 is 2.21 bits per heavy atom. The topological polar surface area (TPSA) is 72.6 Å². The second-order valence-corrected chi connectivity index (χ2v) is 7.08. The van der Waals surface area contributed by atoms with E-state index in [2.05, 4.69) is 15.9 Å². The quantitative estimate of drug-likeness (QED) is 0.838. The van der Waals surface area contributed by atoms with Crippen LogP contribution in [0.15, 0.2) is 21.5 Å². The lowest BCUT2D eigenvalue weighted by molar-refractivity contribution is 0.115. The summed E-state index contributed by atoms with van der Waals surface area (Å²) in [6.07, 6.45) is 0.447. The first-order chi connectivity index (χ1) is 8.86. The van der Waals surface area contributed by atoms with E-state index in [0.717, 1.165) is 6.07 Å². The van der Waals surface area contributed by atoms with E-state index >= 15 is 0 Å². The van der Waals surface area contributed by atoms with Crippen LogP contribution in [-0.2, 0) is 14.8 Å². The summed E-state index contributed by atoms with van der Waals surface area (Å²) < 4.78 is 45.1. The fourth-order valence-corrected chi connectivity index (χ4v) is 4.24.